The average Bonchev–Trinajstić information content (AvgIpc) is 2.65. The summed E-state index contributed by atoms with van der Waals surface area (Å²) < 4.78 is 36.5. The number of nitrogens with one attached hydrogen (secondary N) is 1. The Hall–Kier alpha value is -2.71. The van der Waals surface area contributed by atoms with E-state index < -0.39 is 22.0 Å². The number of methoxy groups -OCH3 is 2. The van der Waals surface area contributed by atoms with Crippen molar-refractivity contribution in [3.63, 3.8) is 0 Å². The normalized spacial score (nSPS) is 11.0. The Morgan fingerprint density at radius 1 is 0.962 bits per heavy atom. The summed E-state index contributed by atoms with van der Waals surface area (Å²) in [6, 6.07) is 12.8. The molecule has 0 aromatic heterocycles. The molecule has 2 aromatic rings. The molecule has 0 amide bonds. The van der Waals surface area contributed by atoms with Gasteiger partial charge in [-0.05, 0) is 29.3 Å². The maximum absolute atomic E-state index is 12.4. The quantitative estimate of drug-likeness (QED) is 0.740. The van der Waals surface area contributed by atoms with Crippen LogP contribution in [0.2, 0.25) is 0 Å². The number of hydrogen-bond donors (Lipinski definition) is 1. The van der Waals surface area contributed by atoms with E-state index in [1.807, 2.05) is 0 Å². The number of ether oxygens (including phenoxy) is 2. The Morgan fingerprint density at radius 2 is 1.65 bits per heavy atom. The van der Waals surface area contributed by atoms with Gasteiger partial charge in [0.15, 0.2) is 0 Å². The van der Waals surface area contributed by atoms with E-state index in [4.69, 9.17) is 0 Å². The van der Waals surface area contributed by atoms with Gasteiger partial charge in [-0.25, -0.2) is 22.7 Å². The van der Waals surface area contributed by atoms with Crippen molar-refractivity contribution in [1.29, 1.82) is 0 Å². The second-order valence-corrected chi connectivity index (χ2v) is 7.23. The van der Waals surface area contributed by atoms with Crippen molar-refractivity contribution < 1.29 is 27.5 Å². The zero-order valence-corrected chi connectivity index (χ0v) is 15.2. The Balaban J connectivity index is 2.11. The van der Waals surface area contributed by atoms with Gasteiger partial charge in [0.2, 0.25) is 10.0 Å². The third-order valence-electron chi connectivity index (χ3n) is 3.61. The molecule has 8 heteroatoms. The van der Waals surface area contributed by atoms with Crippen molar-refractivity contribution in [1.82, 2.24) is 4.72 Å². The summed E-state index contributed by atoms with van der Waals surface area (Å²) in [6.07, 6.45) is 0. The van der Waals surface area contributed by atoms with E-state index in [0.717, 1.165) is 0 Å². The van der Waals surface area contributed by atoms with Crippen molar-refractivity contribution in [2.45, 2.75) is 12.3 Å². The van der Waals surface area contributed by atoms with E-state index in [0.29, 0.717) is 16.7 Å². The third kappa shape index (κ3) is 5.14. The van der Waals surface area contributed by atoms with Crippen LogP contribution in [-0.4, -0.2) is 34.6 Å². The molecule has 0 aliphatic rings. The lowest BCUT2D eigenvalue weighted by Crippen LogP contribution is -2.25. The van der Waals surface area contributed by atoms with Crippen LogP contribution < -0.4 is 4.72 Å². The molecule has 7 nitrogen and oxygen atoms in total. The number of carbonyl (C=O) groups excluding carboxylic acids is 2. The fourth-order valence-corrected chi connectivity index (χ4v) is 3.48. The monoisotopic (exact) mass is 377 g/mol. The van der Waals surface area contributed by atoms with Crippen LogP contribution in [0.4, 0.5) is 0 Å². The van der Waals surface area contributed by atoms with Crippen LogP contribution in [-0.2, 0) is 31.8 Å². The molecule has 0 saturated heterocycles. The molecule has 0 radical (unpaired) electrons. The molecule has 0 aliphatic heterocycles. The summed E-state index contributed by atoms with van der Waals surface area (Å²) in [5, 5.41) is 0. The van der Waals surface area contributed by atoms with Gasteiger partial charge in [0, 0.05) is 6.54 Å². The summed E-state index contributed by atoms with van der Waals surface area (Å²) in [7, 11) is -1.20. The summed E-state index contributed by atoms with van der Waals surface area (Å²) >= 11 is 0. The summed E-state index contributed by atoms with van der Waals surface area (Å²) in [4.78, 5) is 23.3. The molecule has 0 unspecified atom stereocenters. The van der Waals surface area contributed by atoms with Crippen LogP contribution in [0.15, 0.2) is 48.5 Å². The van der Waals surface area contributed by atoms with Crippen LogP contribution >= 0.6 is 0 Å². The molecule has 0 aliphatic carbocycles. The zero-order chi connectivity index (χ0) is 19.2. The molecule has 0 heterocycles. The van der Waals surface area contributed by atoms with Gasteiger partial charge < -0.3 is 9.47 Å². The highest BCUT2D eigenvalue weighted by Gasteiger charge is 2.18. The number of benzene rings is 2. The maximum Gasteiger partial charge on any atom is 0.338 e. The van der Waals surface area contributed by atoms with E-state index in [1.165, 1.54) is 20.3 Å². The highest BCUT2D eigenvalue weighted by atomic mass is 32.2. The predicted octanol–water partition coefficient (Wildman–Crippen LogP) is 1.88. The second kappa shape index (κ2) is 8.59. The molecule has 2 aromatic carbocycles. The molecular weight excluding hydrogens is 358 g/mol. The van der Waals surface area contributed by atoms with E-state index in [1.54, 1.807) is 42.5 Å². The van der Waals surface area contributed by atoms with E-state index in [-0.39, 0.29) is 17.9 Å². The maximum atomic E-state index is 12.4. The fourth-order valence-electron chi connectivity index (χ4n) is 2.33. The SMILES string of the molecule is COC(=O)c1cccc(CNS(=O)(=O)Cc2ccccc2C(=O)OC)c1. The van der Waals surface area contributed by atoms with E-state index in [2.05, 4.69) is 14.2 Å². The summed E-state index contributed by atoms with van der Waals surface area (Å²) in [6.45, 7) is 0.00750. The minimum Gasteiger partial charge on any atom is -0.465 e. The lowest BCUT2D eigenvalue weighted by Gasteiger charge is -2.10. The minimum absolute atomic E-state index is 0.00750. The van der Waals surface area contributed by atoms with Crippen molar-refractivity contribution >= 4 is 22.0 Å². The Labute approximate surface area is 152 Å². The first-order valence-corrected chi connectivity index (χ1v) is 9.32. The van der Waals surface area contributed by atoms with Gasteiger partial charge in [0.05, 0.1) is 31.1 Å². The Bertz CT molecular complexity index is 907. The summed E-state index contributed by atoms with van der Waals surface area (Å²) in [5.74, 6) is -1.46. The first kappa shape index (κ1) is 19.6. The molecule has 1 N–H and O–H groups in total. The minimum atomic E-state index is -3.71. The highest BCUT2D eigenvalue weighted by molar-refractivity contribution is 7.88. The number of sulfonamides is 1. The lowest BCUT2D eigenvalue weighted by atomic mass is 10.1. The lowest BCUT2D eigenvalue weighted by molar-refractivity contribution is 0.0591. The van der Waals surface area contributed by atoms with Crippen molar-refractivity contribution in [2.24, 2.45) is 0 Å². The topological polar surface area (TPSA) is 98.8 Å². The standard InChI is InChI=1S/C18H19NO6S/c1-24-17(20)14-8-5-6-13(10-14)11-19-26(22,23)12-15-7-3-4-9-16(15)18(21)25-2/h3-10,19H,11-12H2,1-2H3. The predicted molar refractivity (Wildman–Crippen MR) is 95.0 cm³/mol. The zero-order valence-electron chi connectivity index (χ0n) is 14.4. The second-order valence-electron chi connectivity index (χ2n) is 5.42. The van der Waals surface area contributed by atoms with Crippen molar-refractivity contribution in [3.05, 3.63) is 70.8 Å². The van der Waals surface area contributed by atoms with Gasteiger partial charge in [-0.1, -0.05) is 30.3 Å². The average molecular weight is 377 g/mol. The largest absolute Gasteiger partial charge is 0.465 e. The third-order valence-corrected chi connectivity index (χ3v) is 4.89. The molecule has 0 spiro atoms. The molecule has 26 heavy (non-hydrogen) atoms. The molecule has 0 saturated carbocycles. The Morgan fingerprint density at radius 3 is 2.35 bits per heavy atom. The number of rotatable bonds is 7. The van der Waals surface area contributed by atoms with Gasteiger partial charge >= 0.3 is 11.9 Å². The number of carbonyl (C=O) groups is 2. The number of esters is 2. The fraction of sp³-hybridized carbons (Fsp3) is 0.222. The van der Waals surface area contributed by atoms with Crippen molar-refractivity contribution in [2.75, 3.05) is 14.2 Å². The van der Waals surface area contributed by atoms with Crippen LogP contribution in [0.3, 0.4) is 0 Å². The van der Waals surface area contributed by atoms with E-state index in [9.17, 15) is 18.0 Å². The van der Waals surface area contributed by atoms with Gasteiger partial charge in [-0.3, -0.25) is 0 Å². The molecule has 0 atom stereocenters. The van der Waals surface area contributed by atoms with Crippen LogP contribution in [0, 0.1) is 0 Å². The molecule has 138 valence electrons. The van der Waals surface area contributed by atoms with Crippen LogP contribution in [0.5, 0.6) is 0 Å². The first-order valence-electron chi connectivity index (χ1n) is 7.67. The highest BCUT2D eigenvalue weighted by Crippen LogP contribution is 2.14. The van der Waals surface area contributed by atoms with Crippen LogP contribution in [0.25, 0.3) is 0 Å². The summed E-state index contributed by atoms with van der Waals surface area (Å²) in [5.41, 5.74) is 1.49. The molecule has 0 fully saturated rings. The van der Waals surface area contributed by atoms with Crippen LogP contribution in [0.1, 0.15) is 31.8 Å². The van der Waals surface area contributed by atoms with Gasteiger partial charge in [-0.15, -0.1) is 0 Å². The molecule has 2 rings (SSSR count). The van der Waals surface area contributed by atoms with E-state index >= 15 is 0 Å². The Kier molecular flexibility index (Phi) is 6.48. The van der Waals surface area contributed by atoms with Gasteiger partial charge in [0.25, 0.3) is 0 Å². The van der Waals surface area contributed by atoms with Crippen molar-refractivity contribution in [3.8, 4) is 0 Å². The van der Waals surface area contributed by atoms with Gasteiger partial charge in [-0.2, -0.15) is 0 Å². The molecular formula is C18H19NO6S. The molecule has 0 bridgehead atoms. The van der Waals surface area contributed by atoms with Gasteiger partial charge in [0.1, 0.15) is 0 Å². The number of hydrogen-bond acceptors (Lipinski definition) is 6. The first-order chi connectivity index (χ1) is 12.4. The smallest absolute Gasteiger partial charge is 0.338 e.